The van der Waals surface area contributed by atoms with Crippen molar-refractivity contribution in [1.82, 2.24) is 9.97 Å². The first-order chi connectivity index (χ1) is 14.3. The van der Waals surface area contributed by atoms with Gasteiger partial charge in [-0.1, -0.05) is 11.6 Å². The molecule has 1 N–H and O–H groups in total. The molecule has 0 aliphatic rings. The van der Waals surface area contributed by atoms with E-state index in [9.17, 15) is 14.4 Å². The first-order valence-electron chi connectivity index (χ1n) is 9.35. The number of aromatic nitrogens is 2. The molecule has 0 saturated heterocycles. The molecule has 0 radical (unpaired) electrons. The third-order valence-corrected chi connectivity index (χ3v) is 4.91. The van der Waals surface area contributed by atoms with Crippen LogP contribution in [0.5, 0.6) is 0 Å². The summed E-state index contributed by atoms with van der Waals surface area (Å²) in [6, 6.07) is 7.13. The van der Waals surface area contributed by atoms with Gasteiger partial charge in [-0.05, 0) is 50.6 Å². The van der Waals surface area contributed by atoms with Gasteiger partial charge in [-0.2, -0.15) is 0 Å². The normalized spacial score (nSPS) is 10.8. The van der Waals surface area contributed by atoms with E-state index in [-0.39, 0.29) is 24.3 Å². The number of hydrogen-bond acceptors (Lipinski definition) is 6. The van der Waals surface area contributed by atoms with Gasteiger partial charge in [0.05, 0.1) is 18.3 Å². The van der Waals surface area contributed by atoms with Crippen molar-refractivity contribution in [3.05, 3.63) is 63.9 Å². The molecule has 0 saturated carbocycles. The summed E-state index contributed by atoms with van der Waals surface area (Å²) in [5.74, 6) is -0.0876. The summed E-state index contributed by atoms with van der Waals surface area (Å²) in [5.41, 5.74) is 2.79. The van der Waals surface area contributed by atoms with Gasteiger partial charge in [-0.3, -0.25) is 14.4 Å². The van der Waals surface area contributed by atoms with Crippen molar-refractivity contribution in [3.63, 3.8) is 0 Å². The second kappa shape index (κ2) is 9.09. The number of oxazole rings is 1. The predicted molar refractivity (Wildman–Crippen MR) is 111 cm³/mol. The van der Waals surface area contributed by atoms with Crippen LogP contribution in [-0.2, 0) is 16.0 Å². The van der Waals surface area contributed by atoms with E-state index < -0.39 is 18.4 Å². The van der Waals surface area contributed by atoms with E-state index in [1.807, 2.05) is 12.1 Å². The van der Waals surface area contributed by atoms with Crippen molar-refractivity contribution < 1.29 is 23.5 Å². The number of aromatic amines is 1. The Kier molecular flexibility index (Phi) is 6.52. The Morgan fingerprint density at radius 3 is 2.50 bits per heavy atom. The van der Waals surface area contributed by atoms with E-state index in [2.05, 4.69) is 9.97 Å². The van der Waals surface area contributed by atoms with Crippen LogP contribution in [0, 0.1) is 13.8 Å². The summed E-state index contributed by atoms with van der Waals surface area (Å²) in [5, 5.41) is 0.623. The molecule has 3 aromatic rings. The molecule has 0 unspecified atom stereocenters. The van der Waals surface area contributed by atoms with Gasteiger partial charge in [0.1, 0.15) is 0 Å². The Bertz CT molecular complexity index is 1100. The van der Waals surface area contributed by atoms with E-state index in [0.717, 1.165) is 5.56 Å². The smallest absolute Gasteiger partial charge is 0.306 e. The quantitative estimate of drug-likeness (QED) is 0.418. The molecule has 1 aromatic carbocycles. The lowest BCUT2D eigenvalue weighted by molar-refractivity contribution is -0.142. The highest BCUT2D eigenvalue weighted by molar-refractivity contribution is 6.30. The number of ether oxygens (including phenoxy) is 1. The Labute approximate surface area is 178 Å². The van der Waals surface area contributed by atoms with E-state index in [4.69, 9.17) is 20.8 Å². The van der Waals surface area contributed by atoms with Crippen LogP contribution in [0.1, 0.15) is 51.3 Å². The number of carbonyl (C=O) groups excluding carboxylic acids is 3. The number of nitrogens with one attached hydrogen (secondary N) is 1. The maximum Gasteiger partial charge on any atom is 0.306 e. The molecule has 3 rings (SSSR count). The Hall–Kier alpha value is -3.19. The Morgan fingerprint density at radius 1 is 1.17 bits per heavy atom. The van der Waals surface area contributed by atoms with Crippen LogP contribution < -0.4 is 0 Å². The molecule has 0 spiro atoms. The van der Waals surface area contributed by atoms with Gasteiger partial charge in [0.25, 0.3) is 0 Å². The molecule has 2 heterocycles. The number of esters is 1. The molecule has 8 heteroatoms. The summed E-state index contributed by atoms with van der Waals surface area (Å²) in [4.78, 5) is 43.1. The van der Waals surface area contributed by atoms with E-state index in [1.165, 1.54) is 6.92 Å². The van der Waals surface area contributed by atoms with Gasteiger partial charge in [-0.15, -0.1) is 0 Å². The minimum atomic E-state index is -0.540. The van der Waals surface area contributed by atoms with Crippen LogP contribution in [0.15, 0.2) is 34.9 Å². The molecule has 0 atom stereocenters. The standard InChI is InChI=1S/C22H21ClN2O5/c1-12-21(14(3)26)13(2)25-22(12)17(27)11-29-20(28)9-8-19-24-10-18(30-19)15-4-6-16(23)7-5-15/h4-7,10,25H,8-9,11H2,1-3H3. The first-order valence-corrected chi connectivity index (χ1v) is 9.73. The van der Waals surface area contributed by atoms with Crippen molar-refractivity contribution in [2.45, 2.75) is 33.6 Å². The zero-order valence-electron chi connectivity index (χ0n) is 16.9. The van der Waals surface area contributed by atoms with Gasteiger partial charge in [0.2, 0.25) is 5.78 Å². The molecular weight excluding hydrogens is 408 g/mol. The fourth-order valence-electron chi connectivity index (χ4n) is 3.23. The number of rotatable bonds is 8. The van der Waals surface area contributed by atoms with Gasteiger partial charge in [0, 0.05) is 28.3 Å². The summed E-state index contributed by atoms with van der Waals surface area (Å²) >= 11 is 5.87. The fraction of sp³-hybridized carbons (Fsp3) is 0.273. The summed E-state index contributed by atoms with van der Waals surface area (Å²) in [7, 11) is 0. The highest BCUT2D eigenvalue weighted by Crippen LogP contribution is 2.23. The monoisotopic (exact) mass is 428 g/mol. The van der Waals surface area contributed by atoms with E-state index >= 15 is 0 Å². The minimum absolute atomic E-state index is 0.0231. The van der Waals surface area contributed by atoms with Crippen molar-refractivity contribution in [1.29, 1.82) is 0 Å². The lowest BCUT2D eigenvalue weighted by Gasteiger charge is -2.04. The molecule has 7 nitrogen and oxygen atoms in total. The zero-order chi connectivity index (χ0) is 21.8. The SMILES string of the molecule is CC(=O)c1c(C)[nH]c(C(=O)COC(=O)CCc2ncc(-c3ccc(Cl)cc3)o2)c1C. The number of carbonyl (C=O) groups is 3. The predicted octanol–water partition coefficient (Wildman–Crippen LogP) is 4.50. The molecule has 0 aliphatic heterocycles. The molecule has 2 aromatic heterocycles. The number of benzene rings is 1. The number of Topliss-reactive ketones (excluding diaryl/α,β-unsaturated/α-hetero) is 2. The molecule has 156 valence electrons. The highest BCUT2D eigenvalue weighted by Gasteiger charge is 2.21. The van der Waals surface area contributed by atoms with Crippen molar-refractivity contribution in [3.8, 4) is 11.3 Å². The van der Waals surface area contributed by atoms with E-state index in [1.54, 1.807) is 32.2 Å². The lowest BCUT2D eigenvalue weighted by Crippen LogP contribution is -2.15. The maximum atomic E-state index is 12.4. The molecule has 0 fully saturated rings. The van der Waals surface area contributed by atoms with Crippen LogP contribution in [0.3, 0.4) is 0 Å². The average Bonchev–Trinajstić information content (AvgIpc) is 3.29. The molecule has 0 bridgehead atoms. The number of aryl methyl sites for hydroxylation is 2. The van der Waals surface area contributed by atoms with Crippen molar-refractivity contribution >= 4 is 29.1 Å². The minimum Gasteiger partial charge on any atom is -0.457 e. The fourth-order valence-corrected chi connectivity index (χ4v) is 3.36. The molecule has 0 aliphatic carbocycles. The van der Waals surface area contributed by atoms with E-state index in [0.29, 0.717) is 33.5 Å². The molecular formula is C22H21ClN2O5. The summed E-state index contributed by atoms with van der Waals surface area (Å²) < 4.78 is 10.7. The number of nitrogens with zero attached hydrogens (tertiary/aromatic N) is 1. The maximum absolute atomic E-state index is 12.4. The summed E-state index contributed by atoms with van der Waals surface area (Å²) in [6.07, 6.45) is 1.85. The third-order valence-electron chi connectivity index (χ3n) is 4.66. The molecule has 30 heavy (non-hydrogen) atoms. The van der Waals surface area contributed by atoms with Crippen LogP contribution >= 0.6 is 11.6 Å². The van der Waals surface area contributed by atoms with Crippen molar-refractivity contribution in [2.24, 2.45) is 0 Å². The second-order valence-corrected chi connectivity index (χ2v) is 7.33. The van der Waals surface area contributed by atoms with Gasteiger partial charge >= 0.3 is 5.97 Å². The Balaban J connectivity index is 1.52. The Morgan fingerprint density at radius 2 is 1.87 bits per heavy atom. The van der Waals surface area contributed by atoms with Crippen molar-refractivity contribution in [2.75, 3.05) is 6.61 Å². The highest BCUT2D eigenvalue weighted by atomic mass is 35.5. The summed E-state index contributed by atoms with van der Waals surface area (Å²) in [6.45, 7) is 4.45. The average molecular weight is 429 g/mol. The second-order valence-electron chi connectivity index (χ2n) is 6.89. The molecule has 0 amide bonds. The lowest BCUT2D eigenvalue weighted by atomic mass is 10.1. The van der Waals surface area contributed by atoms with Gasteiger partial charge in [0.15, 0.2) is 24.0 Å². The number of H-pyrrole nitrogens is 1. The largest absolute Gasteiger partial charge is 0.457 e. The van der Waals surface area contributed by atoms with Crippen LogP contribution in [0.4, 0.5) is 0 Å². The van der Waals surface area contributed by atoms with Gasteiger partial charge in [-0.25, -0.2) is 4.98 Å². The zero-order valence-corrected chi connectivity index (χ0v) is 17.6. The first kappa shape index (κ1) is 21.5. The van der Waals surface area contributed by atoms with Crippen LogP contribution in [-0.4, -0.2) is 34.1 Å². The number of halogens is 1. The number of hydrogen-bond donors (Lipinski definition) is 1. The van der Waals surface area contributed by atoms with Gasteiger partial charge < -0.3 is 14.1 Å². The topological polar surface area (TPSA) is 102 Å². The van der Waals surface area contributed by atoms with Crippen LogP contribution in [0.2, 0.25) is 5.02 Å². The number of ketones is 2. The third kappa shape index (κ3) is 4.86. The van der Waals surface area contributed by atoms with Crippen LogP contribution in [0.25, 0.3) is 11.3 Å².